The molecule has 0 atom stereocenters. The number of sulfone groups is 1. The van der Waals surface area contributed by atoms with Crippen molar-refractivity contribution < 1.29 is 18.3 Å². The van der Waals surface area contributed by atoms with Gasteiger partial charge in [-0.2, -0.15) is 0 Å². The first kappa shape index (κ1) is 15.4. The number of benzene rings is 2. The molecular weight excluding hydrogens is 312 g/mol. The minimum atomic E-state index is -3.60. The van der Waals surface area contributed by atoms with E-state index in [2.05, 4.69) is 0 Å². The molecule has 0 saturated heterocycles. The van der Waals surface area contributed by atoms with Gasteiger partial charge in [0.1, 0.15) is 17.3 Å². The zero-order chi connectivity index (χ0) is 16.3. The second-order valence-electron chi connectivity index (χ2n) is 5.16. The first-order chi connectivity index (χ1) is 11.1. The Hall–Kier alpha value is -2.53. The third kappa shape index (κ3) is 3.46. The number of hydrogen-bond acceptors (Lipinski definition) is 4. The average Bonchev–Trinajstić information content (AvgIpc) is 2.57. The molecule has 2 aromatic carbocycles. The summed E-state index contributed by atoms with van der Waals surface area (Å²) in [4.78, 5) is 0.325. The van der Waals surface area contributed by atoms with Crippen molar-refractivity contribution in [1.82, 2.24) is 0 Å². The van der Waals surface area contributed by atoms with Crippen LogP contribution >= 0.6 is 0 Å². The van der Waals surface area contributed by atoms with E-state index in [1.165, 1.54) is 36.4 Å². The van der Waals surface area contributed by atoms with Crippen LogP contribution in [-0.4, -0.2) is 13.5 Å². The molecule has 0 amide bonds. The molecule has 0 unspecified atom stereocenters. The van der Waals surface area contributed by atoms with Crippen molar-refractivity contribution in [3.63, 3.8) is 0 Å². The molecule has 118 valence electrons. The predicted molar refractivity (Wildman–Crippen MR) is 87.1 cm³/mol. The zero-order valence-electron chi connectivity index (χ0n) is 12.3. The molecule has 0 aromatic heterocycles. The Morgan fingerprint density at radius 3 is 2.04 bits per heavy atom. The normalized spacial score (nSPS) is 14.3. The fraction of sp³-hybridized carbons (Fsp3) is 0.111. The first-order valence-electron chi connectivity index (χ1n) is 7.24. The highest BCUT2D eigenvalue weighted by atomic mass is 32.2. The summed E-state index contributed by atoms with van der Waals surface area (Å²) in [6.45, 7) is 0. The molecule has 0 radical (unpaired) electrons. The second-order valence-corrected chi connectivity index (χ2v) is 7.11. The van der Waals surface area contributed by atoms with Crippen molar-refractivity contribution in [2.45, 2.75) is 22.6 Å². The molecule has 0 bridgehead atoms. The van der Waals surface area contributed by atoms with Gasteiger partial charge in [0.15, 0.2) is 0 Å². The van der Waals surface area contributed by atoms with Gasteiger partial charge in [0.05, 0.1) is 9.79 Å². The van der Waals surface area contributed by atoms with Crippen LogP contribution < -0.4 is 4.74 Å². The van der Waals surface area contributed by atoms with Gasteiger partial charge < -0.3 is 9.84 Å². The quantitative estimate of drug-likeness (QED) is 0.926. The van der Waals surface area contributed by atoms with E-state index in [4.69, 9.17) is 4.74 Å². The summed E-state index contributed by atoms with van der Waals surface area (Å²) >= 11 is 0. The average molecular weight is 328 g/mol. The van der Waals surface area contributed by atoms with Crippen LogP contribution in [0.3, 0.4) is 0 Å². The topological polar surface area (TPSA) is 63.6 Å². The molecule has 1 aliphatic rings. The van der Waals surface area contributed by atoms with Gasteiger partial charge in [-0.3, -0.25) is 0 Å². The van der Waals surface area contributed by atoms with Crippen LogP contribution in [0.25, 0.3) is 0 Å². The van der Waals surface area contributed by atoms with Crippen LogP contribution in [0.1, 0.15) is 12.8 Å². The Labute approximate surface area is 135 Å². The molecule has 23 heavy (non-hydrogen) atoms. The number of hydrogen-bond donors (Lipinski definition) is 1. The molecule has 0 fully saturated rings. The van der Waals surface area contributed by atoms with Gasteiger partial charge in [-0.15, -0.1) is 0 Å². The fourth-order valence-corrected chi connectivity index (χ4v) is 3.51. The summed E-state index contributed by atoms with van der Waals surface area (Å²) in [6, 6.07) is 11.8. The highest BCUT2D eigenvalue weighted by Gasteiger charge is 2.17. The summed E-state index contributed by atoms with van der Waals surface area (Å²) in [5, 5.41) is 9.26. The molecule has 2 aromatic rings. The molecule has 1 N–H and O–H groups in total. The van der Waals surface area contributed by atoms with Gasteiger partial charge in [0, 0.05) is 0 Å². The molecule has 0 heterocycles. The molecular formula is C18H16O4S. The van der Waals surface area contributed by atoms with Crippen LogP contribution in [0.5, 0.6) is 11.5 Å². The van der Waals surface area contributed by atoms with E-state index >= 15 is 0 Å². The Kier molecular flexibility index (Phi) is 4.21. The second kappa shape index (κ2) is 6.30. The Bertz CT molecular complexity index is 845. The van der Waals surface area contributed by atoms with Crippen molar-refractivity contribution in [3.8, 4) is 11.5 Å². The van der Waals surface area contributed by atoms with Crippen LogP contribution in [-0.2, 0) is 9.84 Å². The van der Waals surface area contributed by atoms with Crippen LogP contribution in [0.2, 0.25) is 0 Å². The summed E-state index contributed by atoms with van der Waals surface area (Å²) in [5.41, 5.74) is 0. The molecule has 3 rings (SSSR count). The number of allylic oxidation sites excluding steroid dienone is 3. The van der Waals surface area contributed by atoms with Crippen molar-refractivity contribution in [2.75, 3.05) is 0 Å². The van der Waals surface area contributed by atoms with Crippen molar-refractivity contribution in [1.29, 1.82) is 0 Å². The smallest absolute Gasteiger partial charge is 0.206 e. The van der Waals surface area contributed by atoms with Crippen molar-refractivity contribution in [2.24, 2.45) is 0 Å². The Balaban J connectivity index is 1.82. The minimum absolute atomic E-state index is 0.0292. The lowest BCUT2D eigenvalue weighted by molar-refractivity contribution is 0.438. The molecule has 4 nitrogen and oxygen atoms in total. The molecule has 0 aliphatic heterocycles. The van der Waals surface area contributed by atoms with E-state index in [1.54, 1.807) is 12.1 Å². The summed E-state index contributed by atoms with van der Waals surface area (Å²) < 4.78 is 30.7. The first-order valence-corrected chi connectivity index (χ1v) is 8.73. The van der Waals surface area contributed by atoms with Crippen LogP contribution in [0, 0.1) is 0 Å². The SMILES string of the molecule is O=S(=O)(c1ccc(O)cc1)c1ccc(OC2=CCCC=C2)cc1. The molecule has 0 saturated carbocycles. The maximum atomic E-state index is 12.5. The lowest BCUT2D eigenvalue weighted by atomic mass is 10.2. The number of aromatic hydroxyl groups is 1. The van der Waals surface area contributed by atoms with Crippen molar-refractivity contribution >= 4 is 9.84 Å². The number of rotatable bonds is 4. The summed E-state index contributed by atoms with van der Waals surface area (Å²) in [7, 11) is -3.60. The maximum Gasteiger partial charge on any atom is 0.206 e. The monoisotopic (exact) mass is 328 g/mol. The van der Waals surface area contributed by atoms with Gasteiger partial charge in [0.25, 0.3) is 0 Å². The Morgan fingerprint density at radius 1 is 0.870 bits per heavy atom. The highest BCUT2D eigenvalue weighted by Crippen LogP contribution is 2.25. The van der Waals surface area contributed by atoms with E-state index < -0.39 is 9.84 Å². The lowest BCUT2D eigenvalue weighted by Gasteiger charge is -2.10. The number of ether oxygens (including phenoxy) is 1. The van der Waals surface area contributed by atoms with E-state index in [-0.39, 0.29) is 15.5 Å². The van der Waals surface area contributed by atoms with E-state index in [0.29, 0.717) is 5.75 Å². The molecule has 0 spiro atoms. The lowest BCUT2D eigenvalue weighted by Crippen LogP contribution is -2.02. The van der Waals surface area contributed by atoms with Gasteiger partial charge >= 0.3 is 0 Å². The fourth-order valence-electron chi connectivity index (χ4n) is 2.25. The molecule has 1 aliphatic carbocycles. The largest absolute Gasteiger partial charge is 0.508 e. The minimum Gasteiger partial charge on any atom is -0.508 e. The maximum absolute atomic E-state index is 12.5. The van der Waals surface area contributed by atoms with Gasteiger partial charge in [0.2, 0.25) is 9.84 Å². The van der Waals surface area contributed by atoms with E-state index in [9.17, 15) is 13.5 Å². The van der Waals surface area contributed by atoms with Gasteiger partial charge in [-0.25, -0.2) is 8.42 Å². The number of phenols is 1. The van der Waals surface area contributed by atoms with E-state index in [1.807, 2.05) is 18.2 Å². The zero-order valence-corrected chi connectivity index (χ0v) is 13.2. The van der Waals surface area contributed by atoms with Gasteiger partial charge in [-0.1, -0.05) is 6.08 Å². The standard InChI is InChI=1S/C18H16O4S/c19-14-6-10-17(11-7-14)23(20,21)18-12-8-16(9-13-18)22-15-4-2-1-3-5-15/h2,4-13,19H,1,3H2. The summed E-state index contributed by atoms with van der Waals surface area (Å²) in [6.07, 6.45) is 7.90. The third-order valence-electron chi connectivity index (χ3n) is 3.48. The van der Waals surface area contributed by atoms with Crippen LogP contribution in [0.4, 0.5) is 0 Å². The summed E-state index contributed by atoms with van der Waals surface area (Å²) in [5.74, 6) is 1.39. The molecule has 5 heteroatoms. The van der Waals surface area contributed by atoms with E-state index in [0.717, 1.165) is 18.6 Å². The van der Waals surface area contributed by atoms with Gasteiger partial charge in [-0.05, 0) is 73.5 Å². The highest BCUT2D eigenvalue weighted by molar-refractivity contribution is 7.91. The number of phenolic OH excluding ortho intramolecular Hbond substituents is 1. The van der Waals surface area contributed by atoms with Crippen molar-refractivity contribution in [3.05, 3.63) is 72.5 Å². The van der Waals surface area contributed by atoms with Crippen LogP contribution in [0.15, 0.2) is 82.3 Å². The predicted octanol–water partition coefficient (Wildman–Crippen LogP) is 3.84. The third-order valence-corrected chi connectivity index (χ3v) is 5.26. The Morgan fingerprint density at radius 2 is 1.48 bits per heavy atom.